The van der Waals surface area contributed by atoms with Gasteiger partial charge >= 0.3 is 5.97 Å². The summed E-state index contributed by atoms with van der Waals surface area (Å²) in [4.78, 5) is 35.9. The van der Waals surface area contributed by atoms with Gasteiger partial charge in [0.25, 0.3) is 5.91 Å². The topological polar surface area (TPSA) is 84.5 Å². The number of anilines is 1. The van der Waals surface area contributed by atoms with Gasteiger partial charge in [0, 0.05) is 11.3 Å². The molecular formula is C24H22N2O4. The normalized spacial score (nSPS) is 10.1. The van der Waals surface area contributed by atoms with Crippen LogP contribution in [0.2, 0.25) is 0 Å². The van der Waals surface area contributed by atoms with E-state index in [1.807, 2.05) is 78.9 Å². The molecule has 0 unspecified atom stereocenters. The first-order chi connectivity index (χ1) is 14.6. The first-order valence-electron chi connectivity index (χ1n) is 9.52. The van der Waals surface area contributed by atoms with Gasteiger partial charge in [-0.25, -0.2) is 0 Å². The Kier molecular flexibility index (Phi) is 7.33. The zero-order valence-corrected chi connectivity index (χ0v) is 16.3. The molecule has 0 saturated carbocycles. The molecule has 0 spiro atoms. The molecule has 6 heteroatoms. The molecule has 6 nitrogen and oxygen atoms in total. The molecule has 2 amide bonds. The minimum absolute atomic E-state index is 0.172. The fourth-order valence-electron chi connectivity index (χ4n) is 2.86. The lowest BCUT2D eigenvalue weighted by Crippen LogP contribution is -2.33. The van der Waals surface area contributed by atoms with Crippen molar-refractivity contribution >= 4 is 23.5 Å². The number of amides is 2. The molecule has 0 fully saturated rings. The van der Waals surface area contributed by atoms with E-state index in [1.54, 1.807) is 6.07 Å². The van der Waals surface area contributed by atoms with Gasteiger partial charge < -0.3 is 15.4 Å². The molecule has 0 atom stereocenters. The van der Waals surface area contributed by atoms with Crippen LogP contribution in [-0.2, 0) is 25.5 Å². The van der Waals surface area contributed by atoms with Gasteiger partial charge in [-0.2, -0.15) is 0 Å². The van der Waals surface area contributed by atoms with E-state index in [-0.39, 0.29) is 18.9 Å². The zero-order chi connectivity index (χ0) is 21.2. The Balaban J connectivity index is 1.45. The van der Waals surface area contributed by atoms with Crippen molar-refractivity contribution in [2.24, 2.45) is 0 Å². The van der Waals surface area contributed by atoms with Crippen LogP contribution in [-0.4, -0.2) is 30.9 Å². The molecular weight excluding hydrogens is 380 g/mol. The van der Waals surface area contributed by atoms with Gasteiger partial charge in [-0.15, -0.1) is 0 Å². The highest BCUT2D eigenvalue weighted by atomic mass is 16.5. The molecule has 0 bridgehead atoms. The first kappa shape index (κ1) is 20.8. The maximum Gasteiger partial charge on any atom is 0.325 e. The van der Waals surface area contributed by atoms with Crippen LogP contribution in [0.3, 0.4) is 0 Å². The molecule has 152 valence electrons. The van der Waals surface area contributed by atoms with Gasteiger partial charge in [-0.05, 0) is 17.2 Å². The summed E-state index contributed by atoms with van der Waals surface area (Å²) in [5, 5.41) is 5.25. The summed E-state index contributed by atoms with van der Waals surface area (Å²) >= 11 is 0. The van der Waals surface area contributed by atoms with E-state index in [1.165, 1.54) is 0 Å². The molecule has 3 rings (SSSR count). The predicted molar refractivity (Wildman–Crippen MR) is 115 cm³/mol. The Hall–Kier alpha value is -3.93. The second kappa shape index (κ2) is 10.6. The van der Waals surface area contributed by atoms with Gasteiger partial charge in [0.1, 0.15) is 6.54 Å². The summed E-state index contributed by atoms with van der Waals surface area (Å²) in [6.07, 6.45) is 0.172. The van der Waals surface area contributed by atoms with Gasteiger partial charge in [0.15, 0.2) is 6.61 Å². The summed E-state index contributed by atoms with van der Waals surface area (Å²) in [6, 6.07) is 26.2. The second-order valence-electron chi connectivity index (χ2n) is 6.56. The minimum atomic E-state index is -0.678. The van der Waals surface area contributed by atoms with Crippen molar-refractivity contribution in [1.82, 2.24) is 5.32 Å². The SMILES string of the molecule is O=C(Cc1ccccc1)NCC(=O)OCC(=O)Nc1ccccc1-c1ccccc1. The number of benzene rings is 3. The maximum atomic E-state index is 12.2. The number of esters is 1. The van der Waals surface area contributed by atoms with E-state index in [4.69, 9.17) is 4.74 Å². The molecule has 0 heterocycles. The third kappa shape index (κ3) is 6.31. The maximum absolute atomic E-state index is 12.2. The van der Waals surface area contributed by atoms with Crippen LogP contribution < -0.4 is 10.6 Å². The lowest BCUT2D eigenvalue weighted by molar-refractivity contribution is -0.147. The summed E-state index contributed by atoms with van der Waals surface area (Å²) in [5.41, 5.74) is 3.30. The summed E-state index contributed by atoms with van der Waals surface area (Å²) in [6.45, 7) is -0.726. The van der Waals surface area contributed by atoms with Crippen molar-refractivity contribution in [2.75, 3.05) is 18.5 Å². The number of hydrogen-bond donors (Lipinski definition) is 2. The molecule has 0 saturated heterocycles. The molecule has 3 aromatic carbocycles. The van der Waals surface area contributed by atoms with Crippen molar-refractivity contribution < 1.29 is 19.1 Å². The van der Waals surface area contributed by atoms with Gasteiger partial charge in [-0.1, -0.05) is 78.9 Å². The Morgan fingerprint density at radius 2 is 1.37 bits per heavy atom. The van der Waals surface area contributed by atoms with Crippen LogP contribution >= 0.6 is 0 Å². The number of hydrogen-bond acceptors (Lipinski definition) is 4. The minimum Gasteiger partial charge on any atom is -0.454 e. The fraction of sp³-hybridized carbons (Fsp3) is 0.125. The van der Waals surface area contributed by atoms with Gasteiger partial charge in [-0.3, -0.25) is 14.4 Å². The van der Waals surface area contributed by atoms with E-state index in [0.717, 1.165) is 16.7 Å². The van der Waals surface area contributed by atoms with Gasteiger partial charge in [0.2, 0.25) is 5.91 Å². The number of carbonyl (C=O) groups is 3. The lowest BCUT2D eigenvalue weighted by atomic mass is 10.0. The zero-order valence-electron chi connectivity index (χ0n) is 16.3. The largest absolute Gasteiger partial charge is 0.454 e. The standard InChI is InChI=1S/C24H22N2O4/c27-22(15-18-9-3-1-4-10-18)25-16-24(29)30-17-23(28)26-21-14-8-7-13-20(21)19-11-5-2-6-12-19/h1-14H,15-17H2,(H,25,27)(H,26,28). The lowest BCUT2D eigenvalue weighted by Gasteiger charge is -2.12. The highest BCUT2D eigenvalue weighted by Crippen LogP contribution is 2.27. The van der Waals surface area contributed by atoms with Crippen LogP contribution in [0.5, 0.6) is 0 Å². The summed E-state index contributed by atoms with van der Waals surface area (Å²) < 4.78 is 4.96. The Morgan fingerprint density at radius 3 is 2.10 bits per heavy atom. The third-order valence-electron chi connectivity index (χ3n) is 4.29. The molecule has 0 aliphatic rings. The average molecular weight is 402 g/mol. The summed E-state index contributed by atoms with van der Waals surface area (Å²) in [5.74, 6) is -1.43. The van der Waals surface area contributed by atoms with E-state index in [0.29, 0.717) is 5.69 Å². The molecule has 2 N–H and O–H groups in total. The number of nitrogens with one attached hydrogen (secondary N) is 2. The van der Waals surface area contributed by atoms with E-state index in [9.17, 15) is 14.4 Å². The fourth-order valence-corrected chi connectivity index (χ4v) is 2.86. The monoisotopic (exact) mass is 402 g/mol. The van der Waals surface area contributed by atoms with Gasteiger partial charge in [0.05, 0.1) is 6.42 Å². The average Bonchev–Trinajstić information content (AvgIpc) is 2.78. The number of ether oxygens (including phenoxy) is 1. The Bertz CT molecular complexity index is 1000. The summed E-state index contributed by atoms with van der Waals surface area (Å²) in [7, 11) is 0. The van der Waals surface area contributed by atoms with Crippen molar-refractivity contribution in [3.05, 3.63) is 90.5 Å². The van der Waals surface area contributed by atoms with Crippen LogP contribution in [0.15, 0.2) is 84.9 Å². The predicted octanol–water partition coefficient (Wildman–Crippen LogP) is 3.19. The molecule has 0 radical (unpaired) electrons. The van der Waals surface area contributed by atoms with Crippen LogP contribution in [0.1, 0.15) is 5.56 Å². The van der Waals surface area contributed by atoms with Crippen LogP contribution in [0.25, 0.3) is 11.1 Å². The molecule has 0 aliphatic carbocycles. The molecule has 0 aliphatic heterocycles. The van der Waals surface area contributed by atoms with E-state index in [2.05, 4.69) is 10.6 Å². The molecule has 30 heavy (non-hydrogen) atoms. The Morgan fingerprint density at radius 1 is 0.733 bits per heavy atom. The highest BCUT2D eigenvalue weighted by Gasteiger charge is 2.12. The van der Waals surface area contributed by atoms with Crippen molar-refractivity contribution in [3.63, 3.8) is 0 Å². The number of carbonyl (C=O) groups excluding carboxylic acids is 3. The quantitative estimate of drug-likeness (QED) is 0.567. The van der Waals surface area contributed by atoms with Crippen LogP contribution in [0, 0.1) is 0 Å². The van der Waals surface area contributed by atoms with Crippen molar-refractivity contribution in [3.8, 4) is 11.1 Å². The van der Waals surface area contributed by atoms with E-state index < -0.39 is 18.5 Å². The van der Waals surface area contributed by atoms with Crippen molar-refractivity contribution in [1.29, 1.82) is 0 Å². The number of para-hydroxylation sites is 1. The molecule has 0 aromatic heterocycles. The second-order valence-corrected chi connectivity index (χ2v) is 6.56. The molecule has 3 aromatic rings. The highest BCUT2D eigenvalue weighted by molar-refractivity contribution is 5.97. The van der Waals surface area contributed by atoms with Crippen molar-refractivity contribution in [2.45, 2.75) is 6.42 Å². The first-order valence-corrected chi connectivity index (χ1v) is 9.52. The number of rotatable bonds is 8. The van der Waals surface area contributed by atoms with Crippen LogP contribution in [0.4, 0.5) is 5.69 Å². The van der Waals surface area contributed by atoms with E-state index >= 15 is 0 Å². The Labute approximate surface area is 174 Å². The smallest absolute Gasteiger partial charge is 0.325 e. The third-order valence-corrected chi connectivity index (χ3v) is 4.29.